The summed E-state index contributed by atoms with van der Waals surface area (Å²) in [7, 11) is 0. The third-order valence-electron chi connectivity index (χ3n) is 4.66. The van der Waals surface area contributed by atoms with Crippen molar-refractivity contribution in [3.8, 4) is 5.69 Å². The predicted molar refractivity (Wildman–Crippen MR) is 94.1 cm³/mol. The Labute approximate surface area is 146 Å². The first kappa shape index (κ1) is 17.2. The largest absolute Gasteiger partial charge is 0.481 e. The fraction of sp³-hybridized carbons (Fsp3) is 0.421. The number of aromatic nitrogens is 2. The van der Waals surface area contributed by atoms with E-state index >= 15 is 0 Å². The van der Waals surface area contributed by atoms with Crippen LogP contribution in [0, 0.1) is 12.8 Å². The molecule has 2 aromatic rings. The van der Waals surface area contributed by atoms with Gasteiger partial charge in [-0.15, -0.1) is 0 Å². The molecule has 2 N–H and O–H groups in total. The average molecular weight is 341 g/mol. The minimum absolute atomic E-state index is 0.0976. The van der Waals surface area contributed by atoms with Gasteiger partial charge in [-0.25, -0.2) is 4.68 Å². The van der Waals surface area contributed by atoms with E-state index in [4.69, 9.17) is 5.11 Å². The number of fused-ring (bicyclic) bond motifs is 1. The maximum atomic E-state index is 12.6. The number of carbonyl (C=O) groups is 2. The highest BCUT2D eigenvalue weighted by Crippen LogP contribution is 2.27. The van der Waals surface area contributed by atoms with Crippen LogP contribution in [0.4, 0.5) is 0 Å². The Kier molecular flexibility index (Phi) is 4.88. The lowest BCUT2D eigenvalue weighted by atomic mass is 9.95. The average Bonchev–Trinajstić information content (AvgIpc) is 3.00. The Balaban J connectivity index is 1.91. The molecule has 0 bridgehead atoms. The zero-order chi connectivity index (χ0) is 18.0. The summed E-state index contributed by atoms with van der Waals surface area (Å²) in [5, 5.41) is 16.2. The number of amides is 1. The van der Waals surface area contributed by atoms with E-state index in [0.29, 0.717) is 5.69 Å². The van der Waals surface area contributed by atoms with Gasteiger partial charge < -0.3 is 10.4 Å². The Bertz CT molecular complexity index is 793. The van der Waals surface area contributed by atoms with E-state index in [1.165, 1.54) is 5.56 Å². The molecule has 1 amide bonds. The van der Waals surface area contributed by atoms with E-state index < -0.39 is 11.9 Å². The summed E-state index contributed by atoms with van der Waals surface area (Å²) >= 11 is 0. The van der Waals surface area contributed by atoms with Crippen LogP contribution in [0.5, 0.6) is 0 Å². The molecular formula is C19H23N3O3. The molecule has 25 heavy (non-hydrogen) atoms. The number of benzene rings is 1. The fourth-order valence-corrected chi connectivity index (χ4v) is 3.10. The molecule has 3 rings (SSSR count). The molecule has 1 aliphatic rings. The molecule has 1 aromatic heterocycles. The zero-order valence-corrected chi connectivity index (χ0v) is 14.6. The number of hydrogen-bond acceptors (Lipinski definition) is 3. The van der Waals surface area contributed by atoms with Crippen molar-refractivity contribution in [2.75, 3.05) is 6.54 Å². The number of aryl methyl sites for hydroxylation is 1. The van der Waals surface area contributed by atoms with E-state index in [1.54, 1.807) is 6.92 Å². The quantitative estimate of drug-likeness (QED) is 0.875. The second-order valence-electron chi connectivity index (χ2n) is 6.68. The van der Waals surface area contributed by atoms with Crippen molar-refractivity contribution in [1.82, 2.24) is 15.1 Å². The monoisotopic (exact) mass is 341 g/mol. The molecule has 1 atom stereocenters. The molecule has 6 nitrogen and oxygen atoms in total. The molecule has 0 spiro atoms. The molecule has 132 valence electrons. The standard InChI is InChI=1S/C19H23N3O3/c1-12-7-9-14(10-8-12)22-16-6-4-3-5-15(16)17(21-22)18(23)20-11-13(2)19(24)25/h7-10,13H,3-6,11H2,1-2H3,(H,20,23)(H,24,25). The van der Waals surface area contributed by atoms with E-state index in [0.717, 1.165) is 42.6 Å². The molecular weight excluding hydrogens is 318 g/mol. The molecule has 0 saturated heterocycles. The first-order valence-electron chi connectivity index (χ1n) is 8.66. The Morgan fingerprint density at radius 2 is 1.92 bits per heavy atom. The first-order valence-corrected chi connectivity index (χ1v) is 8.66. The van der Waals surface area contributed by atoms with Gasteiger partial charge >= 0.3 is 5.97 Å². The van der Waals surface area contributed by atoms with Crippen molar-refractivity contribution < 1.29 is 14.7 Å². The number of hydrogen-bond donors (Lipinski definition) is 2. The van der Waals surface area contributed by atoms with Gasteiger partial charge in [-0.2, -0.15) is 5.10 Å². The highest BCUT2D eigenvalue weighted by atomic mass is 16.4. The maximum absolute atomic E-state index is 12.6. The topological polar surface area (TPSA) is 84.2 Å². The SMILES string of the molecule is Cc1ccc(-n2nc(C(=O)NCC(C)C(=O)O)c3c2CCCC3)cc1. The summed E-state index contributed by atoms with van der Waals surface area (Å²) in [6, 6.07) is 8.07. The third kappa shape index (κ3) is 3.57. The van der Waals surface area contributed by atoms with Crippen molar-refractivity contribution >= 4 is 11.9 Å². The lowest BCUT2D eigenvalue weighted by Gasteiger charge is -2.14. The first-order chi connectivity index (χ1) is 12.0. The number of rotatable bonds is 5. The van der Waals surface area contributed by atoms with E-state index in [-0.39, 0.29) is 12.5 Å². The molecule has 0 aliphatic heterocycles. The van der Waals surface area contributed by atoms with Crippen LogP contribution in [-0.4, -0.2) is 33.3 Å². The molecule has 1 aliphatic carbocycles. The van der Waals surface area contributed by atoms with Gasteiger partial charge in [0.25, 0.3) is 5.91 Å². The van der Waals surface area contributed by atoms with Crippen molar-refractivity contribution in [2.24, 2.45) is 5.92 Å². The number of carbonyl (C=O) groups excluding carboxylic acids is 1. The van der Waals surface area contributed by atoms with Crippen LogP contribution in [-0.2, 0) is 17.6 Å². The molecule has 6 heteroatoms. The molecule has 0 radical (unpaired) electrons. The zero-order valence-electron chi connectivity index (χ0n) is 14.6. The van der Waals surface area contributed by atoms with Gasteiger partial charge in [0, 0.05) is 17.8 Å². The highest BCUT2D eigenvalue weighted by Gasteiger charge is 2.26. The summed E-state index contributed by atoms with van der Waals surface area (Å²) in [5.74, 6) is -1.84. The number of nitrogens with one attached hydrogen (secondary N) is 1. The Morgan fingerprint density at radius 3 is 2.60 bits per heavy atom. The van der Waals surface area contributed by atoms with Gasteiger partial charge in [0.15, 0.2) is 5.69 Å². The van der Waals surface area contributed by atoms with Crippen molar-refractivity contribution in [1.29, 1.82) is 0 Å². The maximum Gasteiger partial charge on any atom is 0.308 e. The van der Waals surface area contributed by atoms with Crippen LogP contribution in [0.15, 0.2) is 24.3 Å². The van der Waals surface area contributed by atoms with Gasteiger partial charge in [-0.1, -0.05) is 24.6 Å². The summed E-state index contributed by atoms with van der Waals surface area (Å²) < 4.78 is 1.86. The van der Waals surface area contributed by atoms with Crippen LogP contribution < -0.4 is 5.32 Å². The molecule has 0 saturated carbocycles. The van der Waals surface area contributed by atoms with Gasteiger partial charge in [-0.05, 0) is 44.7 Å². The summed E-state index contributed by atoms with van der Waals surface area (Å²) in [6.45, 7) is 3.70. The van der Waals surface area contributed by atoms with Crippen LogP contribution in [0.25, 0.3) is 5.69 Å². The number of carboxylic acids is 1. The Morgan fingerprint density at radius 1 is 1.24 bits per heavy atom. The van der Waals surface area contributed by atoms with E-state index in [9.17, 15) is 9.59 Å². The third-order valence-corrected chi connectivity index (χ3v) is 4.66. The van der Waals surface area contributed by atoms with Gasteiger partial charge in [0.2, 0.25) is 0 Å². The van der Waals surface area contributed by atoms with Crippen molar-refractivity contribution in [3.05, 3.63) is 46.8 Å². The molecule has 1 heterocycles. The second-order valence-corrected chi connectivity index (χ2v) is 6.68. The van der Waals surface area contributed by atoms with Crippen LogP contribution in [0.1, 0.15) is 47.1 Å². The lowest BCUT2D eigenvalue weighted by molar-refractivity contribution is -0.140. The van der Waals surface area contributed by atoms with Crippen molar-refractivity contribution in [3.63, 3.8) is 0 Å². The van der Waals surface area contributed by atoms with E-state index in [2.05, 4.69) is 10.4 Å². The molecule has 1 unspecified atom stereocenters. The summed E-state index contributed by atoms with van der Waals surface area (Å²) in [5.41, 5.74) is 4.62. The number of nitrogens with zero attached hydrogens (tertiary/aromatic N) is 2. The lowest BCUT2D eigenvalue weighted by Crippen LogP contribution is -2.32. The number of carboxylic acid groups (broad SMARTS) is 1. The van der Waals surface area contributed by atoms with Gasteiger partial charge in [0.05, 0.1) is 11.6 Å². The predicted octanol–water partition coefficient (Wildman–Crippen LogP) is 2.51. The molecule has 0 fully saturated rings. The van der Waals surface area contributed by atoms with E-state index in [1.807, 2.05) is 35.9 Å². The van der Waals surface area contributed by atoms with Gasteiger partial charge in [-0.3, -0.25) is 9.59 Å². The smallest absolute Gasteiger partial charge is 0.308 e. The molecule has 1 aromatic carbocycles. The van der Waals surface area contributed by atoms with Crippen LogP contribution in [0.2, 0.25) is 0 Å². The fourth-order valence-electron chi connectivity index (χ4n) is 3.10. The summed E-state index contributed by atoms with van der Waals surface area (Å²) in [6.07, 6.45) is 3.85. The second kappa shape index (κ2) is 7.09. The van der Waals surface area contributed by atoms with Crippen molar-refractivity contribution in [2.45, 2.75) is 39.5 Å². The van der Waals surface area contributed by atoms with Gasteiger partial charge in [0.1, 0.15) is 0 Å². The minimum Gasteiger partial charge on any atom is -0.481 e. The normalized spacial score (nSPS) is 14.6. The highest BCUT2D eigenvalue weighted by molar-refractivity contribution is 5.94. The Hall–Kier alpha value is -2.63. The summed E-state index contributed by atoms with van der Waals surface area (Å²) in [4.78, 5) is 23.5. The van der Waals surface area contributed by atoms with Crippen LogP contribution in [0.3, 0.4) is 0 Å². The minimum atomic E-state index is -0.924. The number of aliphatic carboxylic acids is 1. The van der Waals surface area contributed by atoms with Crippen LogP contribution >= 0.6 is 0 Å².